The zero-order valence-electron chi connectivity index (χ0n) is 12.5. The average molecular weight is 429 g/mol. The number of carbonyl (C=O) groups is 1. The van der Waals surface area contributed by atoms with Gasteiger partial charge in [-0.3, -0.25) is 4.79 Å². The Labute approximate surface area is 155 Å². The Morgan fingerprint density at radius 1 is 1.52 bits per heavy atom. The van der Waals surface area contributed by atoms with Gasteiger partial charge in [0.25, 0.3) is 5.91 Å². The third-order valence-electron chi connectivity index (χ3n) is 3.80. The van der Waals surface area contributed by atoms with Crippen molar-refractivity contribution < 1.29 is 18.7 Å². The molecular formula is C16H12BrClFN3O3. The summed E-state index contributed by atoms with van der Waals surface area (Å²) in [6, 6.07) is 4.94. The summed E-state index contributed by atoms with van der Waals surface area (Å²) in [5, 5.41) is 13.9. The lowest BCUT2D eigenvalue weighted by molar-refractivity contribution is -0.133. The Bertz CT molecular complexity index is 885. The van der Waals surface area contributed by atoms with E-state index in [1.807, 2.05) is 0 Å². The van der Waals surface area contributed by atoms with Gasteiger partial charge < -0.3 is 20.6 Å². The number of anilines is 1. The van der Waals surface area contributed by atoms with E-state index in [0.29, 0.717) is 10.7 Å². The minimum Gasteiger partial charge on any atom is -0.448 e. The molecule has 2 aromatic rings. The molecule has 0 aliphatic heterocycles. The number of carbonyl (C=O) groups excluding carboxylic acids is 1. The van der Waals surface area contributed by atoms with E-state index < -0.39 is 23.3 Å². The van der Waals surface area contributed by atoms with Crippen LogP contribution < -0.4 is 11.1 Å². The molecule has 1 aliphatic rings. The lowest BCUT2D eigenvalue weighted by atomic mass is 9.79. The molecule has 0 saturated carbocycles. The molecule has 9 heteroatoms. The van der Waals surface area contributed by atoms with Crippen molar-refractivity contribution in [3.05, 3.63) is 69.7 Å². The van der Waals surface area contributed by atoms with Gasteiger partial charge in [0.1, 0.15) is 17.5 Å². The first-order valence-corrected chi connectivity index (χ1v) is 8.21. The summed E-state index contributed by atoms with van der Waals surface area (Å²) >= 11 is 9.44. The zero-order valence-corrected chi connectivity index (χ0v) is 14.9. The van der Waals surface area contributed by atoms with Crippen molar-refractivity contribution in [2.24, 2.45) is 5.73 Å². The van der Waals surface area contributed by atoms with Gasteiger partial charge in [0.2, 0.25) is 0 Å². The van der Waals surface area contributed by atoms with Gasteiger partial charge in [0, 0.05) is 4.47 Å². The van der Waals surface area contributed by atoms with Crippen LogP contribution in [-0.4, -0.2) is 21.6 Å². The number of amides is 1. The highest BCUT2D eigenvalue weighted by Gasteiger charge is 2.48. The van der Waals surface area contributed by atoms with Crippen LogP contribution in [0.3, 0.4) is 0 Å². The van der Waals surface area contributed by atoms with E-state index in [9.17, 15) is 14.3 Å². The topological polar surface area (TPSA) is 101 Å². The quantitative estimate of drug-likeness (QED) is 0.694. The fourth-order valence-electron chi connectivity index (χ4n) is 2.56. The maximum absolute atomic E-state index is 14.5. The number of oxazole rings is 1. The van der Waals surface area contributed by atoms with Crippen molar-refractivity contribution in [3.8, 4) is 0 Å². The average Bonchev–Trinajstić information content (AvgIpc) is 3.07. The second-order valence-corrected chi connectivity index (χ2v) is 6.69. The molecule has 0 spiro atoms. The molecule has 25 heavy (non-hydrogen) atoms. The first kappa shape index (κ1) is 17.7. The SMILES string of the molecule is NC(=O)C1(O)C=CC(F)=C(Nc2ccc(Br)cc2Cl)C1c1cnco1. The summed E-state index contributed by atoms with van der Waals surface area (Å²) in [6.45, 7) is 0. The first-order valence-electron chi connectivity index (χ1n) is 7.04. The second kappa shape index (κ2) is 6.62. The van der Waals surface area contributed by atoms with Crippen LogP contribution in [0.25, 0.3) is 0 Å². The number of nitrogens with zero attached hydrogens (tertiary/aromatic N) is 1. The van der Waals surface area contributed by atoms with E-state index in [4.69, 9.17) is 21.8 Å². The van der Waals surface area contributed by atoms with Crippen LogP contribution in [0.4, 0.5) is 10.1 Å². The molecule has 6 nitrogen and oxygen atoms in total. The molecule has 4 N–H and O–H groups in total. The third kappa shape index (κ3) is 3.20. The second-order valence-electron chi connectivity index (χ2n) is 5.37. The number of hydrogen-bond donors (Lipinski definition) is 3. The number of allylic oxidation sites excluding steroid dienone is 2. The number of aromatic nitrogens is 1. The van der Waals surface area contributed by atoms with Gasteiger partial charge in [0.15, 0.2) is 12.0 Å². The number of nitrogens with two attached hydrogens (primary N) is 1. The monoisotopic (exact) mass is 427 g/mol. The summed E-state index contributed by atoms with van der Waals surface area (Å²) in [6.07, 6.45) is 4.34. The zero-order chi connectivity index (χ0) is 18.2. The summed E-state index contributed by atoms with van der Waals surface area (Å²) in [5.74, 6) is -2.95. The van der Waals surface area contributed by atoms with Gasteiger partial charge in [-0.25, -0.2) is 9.37 Å². The Balaban J connectivity index is 2.10. The molecule has 3 rings (SSSR count). The number of rotatable bonds is 4. The Morgan fingerprint density at radius 2 is 2.28 bits per heavy atom. The van der Waals surface area contributed by atoms with E-state index in [-0.39, 0.29) is 11.5 Å². The molecule has 0 fully saturated rings. The minimum absolute atomic E-state index is 0.0662. The molecule has 1 amide bonds. The Morgan fingerprint density at radius 3 is 2.88 bits per heavy atom. The van der Waals surface area contributed by atoms with Gasteiger partial charge in [-0.2, -0.15) is 0 Å². The largest absolute Gasteiger partial charge is 0.448 e. The molecule has 1 heterocycles. The van der Waals surface area contributed by atoms with Crippen LogP contribution >= 0.6 is 27.5 Å². The van der Waals surface area contributed by atoms with E-state index >= 15 is 0 Å². The molecule has 1 aliphatic carbocycles. The van der Waals surface area contributed by atoms with Crippen LogP contribution in [0.1, 0.15) is 11.7 Å². The predicted molar refractivity (Wildman–Crippen MR) is 93.4 cm³/mol. The Kier molecular flexibility index (Phi) is 4.68. The molecule has 2 unspecified atom stereocenters. The van der Waals surface area contributed by atoms with Crippen LogP contribution in [0.5, 0.6) is 0 Å². The van der Waals surface area contributed by atoms with Crippen LogP contribution in [0.2, 0.25) is 5.02 Å². The smallest absolute Gasteiger partial charge is 0.254 e. The number of nitrogens with one attached hydrogen (secondary N) is 1. The predicted octanol–water partition coefficient (Wildman–Crippen LogP) is 3.25. The fraction of sp³-hybridized carbons (Fsp3) is 0.125. The maximum Gasteiger partial charge on any atom is 0.254 e. The standard InChI is InChI=1S/C16H12BrClFN3O3/c17-8-1-2-11(9(18)5-8)22-14-10(19)3-4-16(24,15(20)23)13(14)12-6-21-7-25-12/h1-7,13,22,24H,(H2,20,23). The molecule has 0 bridgehead atoms. The minimum atomic E-state index is -2.20. The first-order chi connectivity index (χ1) is 11.8. The van der Waals surface area contributed by atoms with Crippen molar-refractivity contribution in [2.45, 2.75) is 11.5 Å². The van der Waals surface area contributed by atoms with Gasteiger partial charge in [-0.05, 0) is 30.4 Å². The summed E-state index contributed by atoms with van der Waals surface area (Å²) in [7, 11) is 0. The molecule has 2 atom stereocenters. The molecule has 1 aromatic heterocycles. The van der Waals surface area contributed by atoms with E-state index in [2.05, 4.69) is 26.2 Å². The summed E-state index contributed by atoms with van der Waals surface area (Å²) in [5.41, 5.74) is 3.40. The lowest BCUT2D eigenvalue weighted by Crippen LogP contribution is -2.49. The van der Waals surface area contributed by atoms with Gasteiger partial charge in [-0.15, -0.1) is 0 Å². The molecular weight excluding hydrogens is 417 g/mol. The highest BCUT2D eigenvalue weighted by atomic mass is 79.9. The highest BCUT2D eigenvalue weighted by Crippen LogP contribution is 2.42. The third-order valence-corrected chi connectivity index (χ3v) is 4.61. The number of halogens is 3. The van der Waals surface area contributed by atoms with Crippen molar-refractivity contribution in [3.63, 3.8) is 0 Å². The summed E-state index contributed by atoms with van der Waals surface area (Å²) in [4.78, 5) is 15.6. The number of benzene rings is 1. The number of aliphatic hydroxyl groups is 1. The van der Waals surface area contributed by atoms with Crippen molar-refractivity contribution in [2.75, 3.05) is 5.32 Å². The van der Waals surface area contributed by atoms with Gasteiger partial charge in [0.05, 0.1) is 22.6 Å². The fourth-order valence-corrected chi connectivity index (χ4v) is 3.28. The molecule has 130 valence electrons. The van der Waals surface area contributed by atoms with Crippen molar-refractivity contribution >= 4 is 39.1 Å². The van der Waals surface area contributed by atoms with Crippen LogP contribution in [-0.2, 0) is 4.79 Å². The Hall–Kier alpha value is -2.16. The lowest BCUT2D eigenvalue weighted by Gasteiger charge is -2.34. The van der Waals surface area contributed by atoms with Crippen molar-refractivity contribution in [1.29, 1.82) is 0 Å². The maximum atomic E-state index is 14.5. The van der Waals surface area contributed by atoms with E-state index in [1.54, 1.807) is 18.2 Å². The van der Waals surface area contributed by atoms with E-state index in [0.717, 1.165) is 23.0 Å². The molecule has 0 saturated heterocycles. The molecule has 0 radical (unpaired) electrons. The highest BCUT2D eigenvalue weighted by molar-refractivity contribution is 9.10. The number of hydrogen-bond acceptors (Lipinski definition) is 5. The summed E-state index contributed by atoms with van der Waals surface area (Å²) < 4.78 is 20.5. The molecule has 1 aromatic carbocycles. The van der Waals surface area contributed by atoms with E-state index in [1.165, 1.54) is 6.20 Å². The van der Waals surface area contributed by atoms with Crippen molar-refractivity contribution in [1.82, 2.24) is 4.98 Å². The normalized spacial score (nSPS) is 23.0. The van der Waals surface area contributed by atoms with Crippen LogP contribution in [0.15, 0.2) is 63.4 Å². The van der Waals surface area contributed by atoms with Gasteiger partial charge >= 0.3 is 0 Å². The number of primary amides is 1. The van der Waals surface area contributed by atoms with Crippen LogP contribution in [0, 0.1) is 0 Å². The van der Waals surface area contributed by atoms with Gasteiger partial charge in [-0.1, -0.05) is 27.5 Å².